The molecule has 1 saturated heterocycles. The maximum absolute atomic E-state index is 12.9. The number of hydrogen-bond donors (Lipinski definition) is 1. The van der Waals surface area contributed by atoms with Gasteiger partial charge in [-0.1, -0.05) is 42.5 Å². The molecule has 162 valence electrons. The highest BCUT2D eigenvalue weighted by molar-refractivity contribution is 7.88. The predicted molar refractivity (Wildman–Crippen MR) is 120 cm³/mol. The number of sulfonamides is 1. The van der Waals surface area contributed by atoms with Crippen molar-refractivity contribution in [3.05, 3.63) is 65.7 Å². The number of anilines is 1. The molecule has 2 aromatic carbocycles. The topological polar surface area (TPSA) is 73.0 Å². The van der Waals surface area contributed by atoms with Gasteiger partial charge in [0.25, 0.3) is 0 Å². The van der Waals surface area contributed by atoms with Crippen LogP contribution in [-0.2, 0) is 21.4 Å². The number of benzene rings is 2. The summed E-state index contributed by atoms with van der Waals surface area (Å²) in [6.07, 6.45) is 1.10. The maximum atomic E-state index is 12.9. The molecule has 30 heavy (non-hydrogen) atoms. The van der Waals surface area contributed by atoms with Crippen LogP contribution in [0.25, 0.3) is 0 Å². The summed E-state index contributed by atoms with van der Waals surface area (Å²) in [6.45, 7) is 4.44. The lowest BCUT2D eigenvalue weighted by molar-refractivity contribution is -0.124. The van der Waals surface area contributed by atoms with Crippen LogP contribution in [0.3, 0.4) is 0 Å². The standard InChI is InChI=1S/C22H30N4O3S/c1-24-13-15-26(16-14-24)20-11-9-18(10-12-20)17-23-22(27)21(25(2)30(3,28)29)19-7-5-4-6-8-19/h4-12,21H,13-17H2,1-3H3,(H,23,27)/t21-/m1/s1. The highest BCUT2D eigenvalue weighted by atomic mass is 32.2. The van der Waals surface area contributed by atoms with E-state index in [0.717, 1.165) is 42.3 Å². The molecule has 0 bridgehead atoms. The van der Waals surface area contributed by atoms with Crippen LogP contribution in [0.5, 0.6) is 0 Å². The zero-order valence-corrected chi connectivity index (χ0v) is 18.6. The molecule has 0 aromatic heterocycles. The van der Waals surface area contributed by atoms with Crippen molar-refractivity contribution in [2.45, 2.75) is 12.6 Å². The van der Waals surface area contributed by atoms with Gasteiger partial charge in [0.1, 0.15) is 6.04 Å². The van der Waals surface area contributed by atoms with Gasteiger partial charge in [0, 0.05) is 45.5 Å². The summed E-state index contributed by atoms with van der Waals surface area (Å²) in [5, 5.41) is 2.89. The zero-order valence-electron chi connectivity index (χ0n) is 17.8. The number of rotatable bonds is 7. The number of hydrogen-bond acceptors (Lipinski definition) is 5. The Morgan fingerprint density at radius 3 is 2.20 bits per heavy atom. The van der Waals surface area contributed by atoms with Crippen molar-refractivity contribution in [1.82, 2.24) is 14.5 Å². The van der Waals surface area contributed by atoms with Crippen molar-refractivity contribution in [3.8, 4) is 0 Å². The third kappa shape index (κ3) is 5.59. The van der Waals surface area contributed by atoms with Gasteiger partial charge < -0.3 is 15.1 Å². The number of carbonyl (C=O) groups excluding carboxylic acids is 1. The Balaban J connectivity index is 1.66. The minimum absolute atomic E-state index is 0.336. The van der Waals surface area contributed by atoms with Crippen LogP contribution >= 0.6 is 0 Å². The molecule has 1 amide bonds. The Morgan fingerprint density at radius 1 is 1.03 bits per heavy atom. The van der Waals surface area contributed by atoms with Crippen LogP contribution in [0, 0.1) is 0 Å². The number of nitrogens with one attached hydrogen (secondary N) is 1. The quantitative estimate of drug-likeness (QED) is 0.724. The minimum atomic E-state index is -3.54. The molecular weight excluding hydrogens is 400 g/mol. The molecule has 2 aromatic rings. The van der Waals surface area contributed by atoms with Gasteiger partial charge in [-0.15, -0.1) is 0 Å². The lowest BCUT2D eigenvalue weighted by Gasteiger charge is -2.34. The molecule has 8 heteroatoms. The van der Waals surface area contributed by atoms with E-state index in [2.05, 4.69) is 34.3 Å². The lowest BCUT2D eigenvalue weighted by atomic mass is 10.1. The second-order valence-corrected chi connectivity index (χ2v) is 9.81. The third-order valence-corrected chi connectivity index (χ3v) is 6.78. The smallest absolute Gasteiger partial charge is 0.243 e. The third-order valence-electron chi connectivity index (χ3n) is 5.52. The second-order valence-electron chi connectivity index (χ2n) is 7.77. The molecular formula is C22H30N4O3S. The highest BCUT2D eigenvalue weighted by Gasteiger charge is 2.30. The Labute approximate surface area is 179 Å². The molecule has 0 unspecified atom stereocenters. The van der Waals surface area contributed by atoms with Crippen molar-refractivity contribution in [2.75, 3.05) is 51.4 Å². The molecule has 0 spiro atoms. The number of piperazine rings is 1. The van der Waals surface area contributed by atoms with Gasteiger partial charge in [-0.2, -0.15) is 4.31 Å². The monoisotopic (exact) mass is 430 g/mol. The molecule has 0 saturated carbocycles. The summed E-state index contributed by atoms with van der Waals surface area (Å²) in [4.78, 5) is 17.6. The molecule has 1 N–H and O–H groups in total. The number of amides is 1. The molecule has 1 fully saturated rings. The zero-order chi connectivity index (χ0) is 21.7. The van der Waals surface area contributed by atoms with Gasteiger partial charge in [0.05, 0.1) is 6.26 Å². The first kappa shape index (κ1) is 22.3. The molecule has 3 rings (SSSR count). The average molecular weight is 431 g/mol. The van der Waals surface area contributed by atoms with Crippen LogP contribution in [0.15, 0.2) is 54.6 Å². The van der Waals surface area contributed by atoms with E-state index < -0.39 is 16.1 Å². The first-order valence-electron chi connectivity index (χ1n) is 10.0. The van der Waals surface area contributed by atoms with Crippen LogP contribution in [0.1, 0.15) is 17.2 Å². The average Bonchev–Trinajstić information content (AvgIpc) is 2.73. The van der Waals surface area contributed by atoms with Gasteiger partial charge >= 0.3 is 0 Å². The lowest BCUT2D eigenvalue weighted by Crippen LogP contribution is -2.44. The van der Waals surface area contributed by atoms with Crippen molar-refractivity contribution in [2.24, 2.45) is 0 Å². The number of carbonyl (C=O) groups is 1. The van der Waals surface area contributed by atoms with E-state index >= 15 is 0 Å². The van der Waals surface area contributed by atoms with Crippen LogP contribution in [-0.4, -0.2) is 70.1 Å². The van der Waals surface area contributed by atoms with Crippen LogP contribution in [0.4, 0.5) is 5.69 Å². The van der Waals surface area contributed by atoms with Gasteiger partial charge in [-0.05, 0) is 30.3 Å². The summed E-state index contributed by atoms with van der Waals surface area (Å²) in [5.41, 5.74) is 2.78. The SMILES string of the molecule is CN1CCN(c2ccc(CNC(=O)[C@@H](c3ccccc3)N(C)S(C)(=O)=O)cc2)CC1. The molecule has 1 aliphatic rings. The Bertz CT molecular complexity index is 940. The van der Waals surface area contributed by atoms with Gasteiger partial charge in [0.2, 0.25) is 15.9 Å². The Hall–Kier alpha value is -2.42. The molecule has 1 atom stereocenters. The summed E-state index contributed by atoms with van der Waals surface area (Å²) in [7, 11) is 0.0234. The Morgan fingerprint density at radius 2 is 1.63 bits per heavy atom. The van der Waals surface area contributed by atoms with Crippen molar-refractivity contribution >= 4 is 21.6 Å². The molecule has 1 heterocycles. The van der Waals surface area contributed by atoms with Crippen LogP contribution in [0.2, 0.25) is 0 Å². The van der Waals surface area contributed by atoms with Gasteiger partial charge in [0.15, 0.2) is 0 Å². The Kier molecular flexibility index (Phi) is 7.12. The maximum Gasteiger partial charge on any atom is 0.243 e. The number of nitrogens with zero attached hydrogens (tertiary/aromatic N) is 3. The summed E-state index contributed by atoms with van der Waals surface area (Å²) >= 11 is 0. The van der Waals surface area contributed by atoms with Crippen LogP contribution < -0.4 is 10.2 Å². The highest BCUT2D eigenvalue weighted by Crippen LogP contribution is 2.22. The van der Waals surface area contributed by atoms with E-state index in [-0.39, 0.29) is 5.91 Å². The van der Waals surface area contributed by atoms with Crippen molar-refractivity contribution < 1.29 is 13.2 Å². The first-order chi connectivity index (χ1) is 14.3. The first-order valence-corrected chi connectivity index (χ1v) is 11.9. The fraction of sp³-hybridized carbons (Fsp3) is 0.409. The van der Waals surface area contributed by atoms with Crippen molar-refractivity contribution in [3.63, 3.8) is 0 Å². The molecule has 1 aliphatic heterocycles. The van der Waals surface area contributed by atoms with E-state index in [4.69, 9.17) is 0 Å². The van der Waals surface area contributed by atoms with E-state index in [1.807, 2.05) is 18.2 Å². The second kappa shape index (κ2) is 9.59. The molecule has 0 aliphatic carbocycles. The summed E-state index contributed by atoms with van der Waals surface area (Å²) in [5.74, 6) is -0.350. The normalized spacial score (nSPS) is 16.5. The fourth-order valence-electron chi connectivity index (χ4n) is 3.53. The number of likely N-dealkylation sites (N-methyl/N-ethyl adjacent to an activating group) is 2. The molecule has 7 nitrogen and oxygen atoms in total. The fourth-order valence-corrected chi connectivity index (χ4v) is 4.13. The van der Waals surface area contributed by atoms with E-state index in [1.165, 1.54) is 12.7 Å². The van der Waals surface area contributed by atoms with E-state index in [1.54, 1.807) is 24.3 Å². The van der Waals surface area contributed by atoms with Gasteiger partial charge in [-0.3, -0.25) is 4.79 Å². The largest absolute Gasteiger partial charge is 0.369 e. The summed E-state index contributed by atoms with van der Waals surface area (Å²) < 4.78 is 25.2. The van der Waals surface area contributed by atoms with E-state index in [9.17, 15) is 13.2 Å². The minimum Gasteiger partial charge on any atom is -0.369 e. The van der Waals surface area contributed by atoms with Gasteiger partial charge in [-0.25, -0.2) is 8.42 Å². The van der Waals surface area contributed by atoms with E-state index in [0.29, 0.717) is 12.1 Å². The molecule has 0 radical (unpaired) electrons. The summed E-state index contributed by atoms with van der Waals surface area (Å²) in [6, 6.07) is 16.2. The predicted octanol–water partition coefficient (Wildman–Crippen LogP) is 1.69. The van der Waals surface area contributed by atoms with Crippen molar-refractivity contribution in [1.29, 1.82) is 0 Å².